The fourth-order valence-corrected chi connectivity index (χ4v) is 5.20. The minimum Gasteiger partial charge on any atom is -0.378 e. The molecule has 1 N–H and O–H groups in total. The quantitative estimate of drug-likeness (QED) is 0.381. The number of piperidine rings is 1. The molecular formula is C27H29F3N6O. The predicted octanol–water partition coefficient (Wildman–Crippen LogP) is 5.30. The molecule has 1 atom stereocenters. The number of hydrogen-bond acceptors (Lipinski definition) is 5. The SMILES string of the molecule is C[C@@H](Nc1ccnc2c1cc(C1CCN(c3cnn(C)c3)CC1)c(=O)n2C)c1cccc(C(F)F)c1F. The largest absolute Gasteiger partial charge is 0.378 e. The minimum atomic E-state index is -2.89. The second-order valence-electron chi connectivity index (χ2n) is 9.61. The number of halogens is 3. The van der Waals surface area contributed by atoms with Crippen molar-refractivity contribution >= 4 is 22.4 Å². The van der Waals surface area contributed by atoms with E-state index in [2.05, 4.69) is 20.3 Å². The molecule has 0 saturated carbocycles. The van der Waals surface area contributed by atoms with Crippen molar-refractivity contribution in [3.63, 3.8) is 0 Å². The van der Waals surface area contributed by atoms with Gasteiger partial charge in [-0.15, -0.1) is 0 Å². The number of fused-ring (bicyclic) bond motifs is 1. The number of hydrogen-bond donors (Lipinski definition) is 1. The summed E-state index contributed by atoms with van der Waals surface area (Å²) in [5.41, 5.74) is 2.39. The Morgan fingerprint density at radius 3 is 2.51 bits per heavy atom. The van der Waals surface area contributed by atoms with Gasteiger partial charge in [0.15, 0.2) is 0 Å². The molecule has 4 heterocycles. The van der Waals surface area contributed by atoms with E-state index in [0.29, 0.717) is 11.3 Å². The van der Waals surface area contributed by atoms with Crippen LogP contribution in [0.4, 0.5) is 24.5 Å². The zero-order valence-electron chi connectivity index (χ0n) is 21.0. The molecule has 0 amide bonds. The second kappa shape index (κ2) is 9.91. The first-order chi connectivity index (χ1) is 17.7. The first-order valence-corrected chi connectivity index (χ1v) is 12.3. The number of pyridine rings is 2. The van der Waals surface area contributed by atoms with Gasteiger partial charge in [-0.2, -0.15) is 5.10 Å². The Kier molecular flexibility index (Phi) is 6.66. The van der Waals surface area contributed by atoms with Crippen molar-refractivity contribution in [2.75, 3.05) is 23.3 Å². The van der Waals surface area contributed by atoms with Crippen LogP contribution >= 0.6 is 0 Å². The van der Waals surface area contributed by atoms with Crippen LogP contribution in [0.2, 0.25) is 0 Å². The maximum atomic E-state index is 14.8. The Bertz CT molecular complexity index is 1490. The third-order valence-corrected chi connectivity index (χ3v) is 7.26. The van der Waals surface area contributed by atoms with Gasteiger partial charge in [0.2, 0.25) is 0 Å². The van der Waals surface area contributed by atoms with E-state index < -0.39 is 23.8 Å². The van der Waals surface area contributed by atoms with Crippen LogP contribution in [-0.2, 0) is 14.1 Å². The molecule has 0 spiro atoms. The first-order valence-electron chi connectivity index (χ1n) is 12.3. The summed E-state index contributed by atoms with van der Waals surface area (Å²) in [4.78, 5) is 20.0. The second-order valence-corrected chi connectivity index (χ2v) is 9.61. The average Bonchev–Trinajstić information content (AvgIpc) is 3.32. The molecule has 37 heavy (non-hydrogen) atoms. The van der Waals surface area contributed by atoms with Crippen LogP contribution < -0.4 is 15.8 Å². The highest BCUT2D eigenvalue weighted by Crippen LogP contribution is 2.33. The molecule has 1 aromatic carbocycles. The molecular weight excluding hydrogens is 481 g/mol. The third kappa shape index (κ3) is 4.68. The molecule has 3 aromatic heterocycles. The van der Waals surface area contributed by atoms with E-state index in [4.69, 9.17) is 0 Å². The van der Waals surface area contributed by atoms with Crippen molar-refractivity contribution in [3.8, 4) is 0 Å². The summed E-state index contributed by atoms with van der Waals surface area (Å²) in [5, 5.41) is 8.24. The molecule has 1 saturated heterocycles. The van der Waals surface area contributed by atoms with Gasteiger partial charge in [0.05, 0.1) is 23.5 Å². The molecule has 1 aliphatic rings. The Labute approximate surface area is 212 Å². The lowest BCUT2D eigenvalue weighted by molar-refractivity contribution is 0.146. The number of rotatable bonds is 6. The number of alkyl halides is 2. The fourth-order valence-electron chi connectivity index (χ4n) is 5.20. The zero-order chi connectivity index (χ0) is 26.3. The molecule has 0 radical (unpaired) electrons. The lowest BCUT2D eigenvalue weighted by Crippen LogP contribution is -2.35. The lowest BCUT2D eigenvalue weighted by atomic mass is 9.89. The van der Waals surface area contributed by atoms with Crippen LogP contribution in [0, 0.1) is 5.82 Å². The van der Waals surface area contributed by atoms with Gasteiger partial charge in [-0.25, -0.2) is 18.2 Å². The summed E-state index contributed by atoms with van der Waals surface area (Å²) in [6.07, 6.45) is 4.16. The van der Waals surface area contributed by atoms with Crippen LogP contribution in [0.1, 0.15) is 54.8 Å². The summed E-state index contributed by atoms with van der Waals surface area (Å²) in [6, 6.07) is 7.08. The Morgan fingerprint density at radius 1 is 1.11 bits per heavy atom. The number of nitrogens with one attached hydrogen (secondary N) is 1. The maximum Gasteiger partial charge on any atom is 0.266 e. The van der Waals surface area contributed by atoms with Gasteiger partial charge in [-0.05, 0) is 37.8 Å². The summed E-state index contributed by atoms with van der Waals surface area (Å²) < 4.78 is 44.6. The first kappa shape index (κ1) is 24.9. The number of aromatic nitrogens is 4. The highest BCUT2D eigenvalue weighted by Gasteiger charge is 2.26. The van der Waals surface area contributed by atoms with E-state index in [1.54, 1.807) is 35.5 Å². The number of aryl methyl sites for hydroxylation is 2. The molecule has 7 nitrogen and oxygen atoms in total. The van der Waals surface area contributed by atoms with E-state index >= 15 is 0 Å². The molecule has 1 fully saturated rings. The summed E-state index contributed by atoms with van der Waals surface area (Å²) in [5.74, 6) is -0.828. The number of anilines is 2. The van der Waals surface area contributed by atoms with Crippen LogP contribution in [-0.4, -0.2) is 32.4 Å². The van der Waals surface area contributed by atoms with Crippen molar-refractivity contribution in [1.29, 1.82) is 0 Å². The Balaban J connectivity index is 1.45. The van der Waals surface area contributed by atoms with Gasteiger partial charge >= 0.3 is 0 Å². The average molecular weight is 511 g/mol. The summed E-state index contributed by atoms with van der Waals surface area (Å²) >= 11 is 0. The van der Waals surface area contributed by atoms with Crippen LogP contribution in [0.15, 0.2) is 53.7 Å². The summed E-state index contributed by atoms with van der Waals surface area (Å²) in [7, 11) is 3.59. The van der Waals surface area contributed by atoms with Crippen LogP contribution in [0.3, 0.4) is 0 Å². The van der Waals surface area contributed by atoms with Gasteiger partial charge in [0.1, 0.15) is 11.5 Å². The van der Waals surface area contributed by atoms with E-state index in [0.717, 1.165) is 48.6 Å². The molecule has 1 aliphatic heterocycles. The third-order valence-electron chi connectivity index (χ3n) is 7.26. The fraction of sp³-hybridized carbons (Fsp3) is 0.370. The number of nitrogens with zero attached hydrogens (tertiary/aromatic N) is 5. The van der Waals surface area contributed by atoms with Gasteiger partial charge < -0.3 is 10.2 Å². The zero-order valence-corrected chi connectivity index (χ0v) is 21.0. The van der Waals surface area contributed by atoms with Crippen molar-refractivity contribution in [3.05, 3.63) is 81.8 Å². The van der Waals surface area contributed by atoms with Crippen molar-refractivity contribution in [2.45, 2.75) is 38.2 Å². The molecule has 0 unspecified atom stereocenters. The van der Waals surface area contributed by atoms with E-state index in [1.807, 2.05) is 25.5 Å². The van der Waals surface area contributed by atoms with Crippen molar-refractivity contribution in [2.24, 2.45) is 14.1 Å². The smallest absolute Gasteiger partial charge is 0.266 e. The molecule has 194 valence electrons. The van der Waals surface area contributed by atoms with Crippen LogP contribution in [0.25, 0.3) is 11.0 Å². The van der Waals surface area contributed by atoms with E-state index in [1.165, 1.54) is 12.1 Å². The predicted molar refractivity (Wildman–Crippen MR) is 138 cm³/mol. The van der Waals surface area contributed by atoms with Gasteiger partial charge in [0, 0.05) is 61.8 Å². The highest BCUT2D eigenvalue weighted by molar-refractivity contribution is 5.89. The molecule has 10 heteroatoms. The molecule has 4 aromatic rings. The topological polar surface area (TPSA) is 68.0 Å². The van der Waals surface area contributed by atoms with Crippen LogP contribution in [0.5, 0.6) is 0 Å². The van der Waals surface area contributed by atoms with E-state index in [-0.39, 0.29) is 17.0 Å². The summed E-state index contributed by atoms with van der Waals surface area (Å²) in [6.45, 7) is 3.34. The van der Waals surface area contributed by atoms with Gasteiger partial charge in [-0.1, -0.05) is 18.2 Å². The van der Waals surface area contributed by atoms with E-state index in [9.17, 15) is 18.0 Å². The maximum absolute atomic E-state index is 14.8. The minimum absolute atomic E-state index is 0.0827. The van der Waals surface area contributed by atoms with Gasteiger partial charge in [0.25, 0.3) is 12.0 Å². The number of benzene rings is 1. The molecule has 0 bridgehead atoms. The molecule has 0 aliphatic carbocycles. The Hall–Kier alpha value is -3.82. The van der Waals surface area contributed by atoms with Crippen molar-refractivity contribution < 1.29 is 13.2 Å². The standard InChI is InChI=1S/C27H29F3N6O/c1-16(19-5-4-6-20(24(19)28)25(29)30)33-23-7-10-31-26-22(23)13-21(27(37)35(26)3)17-8-11-36(12-9-17)18-14-32-34(2)15-18/h4-7,10,13-17,25H,8-9,11-12H2,1-3H3,(H,31,33)/t16-/m1/s1. The lowest BCUT2D eigenvalue weighted by Gasteiger charge is -2.32. The molecule has 5 rings (SSSR count). The normalized spacial score (nSPS) is 15.5. The monoisotopic (exact) mass is 510 g/mol. The Morgan fingerprint density at radius 2 is 1.84 bits per heavy atom. The highest BCUT2D eigenvalue weighted by atomic mass is 19.3. The van der Waals surface area contributed by atoms with Crippen molar-refractivity contribution in [1.82, 2.24) is 19.3 Å². The van der Waals surface area contributed by atoms with Gasteiger partial charge in [-0.3, -0.25) is 14.0 Å².